The molecule has 0 radical (unpaired) electrons. The van der Waals surface area contributed by atoms with Gasteiger partial charge in [-0.25, -0.2) is 13.2 Å². The van der Waals surface area contributed by atoms with Gasteiger partial charge in [0.15, 0.2) is 0 Å². The van der Waals surface area contributed by atoms with Crippen LogP contribution in [0.5, 0.6) is 0 Å². The van der Waals surface area contributed by atoms with Crippen LogP contribution in [-0.2, 0) is 29.1 Å². The largest absolute Gasteiger partial charge is 0.446 e. The van der Waals surface area contributed by atoms with Crippen molar-refractivity contribution in [1.82, 2.24) is 35.2 Å². The van der Waals surface area contributed by atoms with Crippen LogP contribution in [0.25, 0.3) is 21.8 Å². The maximum Gasteiger partial charge on any atom is 0.408 e. The highest BCUT2D eigenvalue weighted by Gasteiger charge is 2.62. The molecule has 3 aromatic rings. The summed E-state index contributed by atoms with van der Waals surface area (Å²) in [7, 11) is -3.88. The number of amides is 4. The predicted molar refractivity (Wildman–Crippen MR) is 205 cm³/mol. The number of carbonyl (C=O) groups excluding carboxylic acids is 4. The van der Waals surface area contributed by atoms with Crippen LogP contribution in [0.1, 0.15) is 89.5 Å². The molecule has 1 aromatic carbocycles. The number of hydrogen-bond acceptors (Lipinski definition) is 10. The molecule has 0 spiro atoms. The van der Waals surface area contributed by atoms with Gasteiger partial charge in [0.2, 0.25) is 21.8 Å². The van der Waals surface area contributed by atoms with Crippen molar-refractivity contribution in [3.8, 4) is 21.8 Å². The molecule has 3 aliphatic carbocycles. The van der Waals surface area contributed by atoms with Gasteiger partial charge in [-0.3, -0.25) is 19.1 Å². The summed E-state index contributed by atoms with van der Waals surface area (Å²) < 4.78 is 33.7. The summed E-state index contributed by atoms with van der Waals surface area (Å²) in [5.74, 6) is -2.20. The van der Waals surface area contributed by atoms with Crippen molar-refractivity contribution in [3.63, 3.8) is 0 Å². The van der Waals surface area contributed by atoms with Crippen LogP contribution in [0.4, 0.5) is 4.79 Å². The van der Waals surface area contributed by atoms with Crippen molar-refractivity contribution < 1.29 is 32.3 Å². The first-order valence-corrected chi connectivity index (χ1v) is 21.9. The maximum absolute atomic E-state index is 14.7. The number of nitrogens with one attached hydrogen (secondary N) is 3. The molecule has 4 heterocycles. The lowest BCUT2D eigenvalue weighted by Gasteiger charge is -2.30. The van der Waals surface area contributed by atoms with Gasteiger partial charge >= 0.3 is 6.09 Å². The van der Waals surface area contributed by atoms with Crippen LogP contribution in [0.15, 0.2) is 60.0 Å². The minimum Gasteiger partial charge on any atom is -0.446 e. The number of hydrogen-bond donors (Lipinski definition) is 3. The average molecular weight is 790 g/mol. The maximum atomic E-state index is 14.7. The van der Waals surface area contributed by atoms with E-state index in [0.717, 1.165) is 49.0 Å². The van der Waals surface area contributed by atoms with Gasteiger partial charge in [-0.05, 0) is 75.7 Å². The van der Waals surface area contributed by atoms with E-state index < -0.39 is 68.7 Å². The molecule has 3 N–H and O–H groups in total. The SMILES string of the molecule is O=C(N[C@@H]1CCCCC/C=C/[C@@H]2C[C@@]2(C(=O)NS(=O)(=O)C2CC2)NC(=O)[C@@H]2C[C@@H](n3nc(-c4ccccc4)c(-c4cccs4)n3)CN2C1=O)OC1CCCC1. The molecule has 4 amide bonds. The minimum absolute atomic E-state index is 0.0676. The number of sulfonamides is 1. The van der Waals surface area contributed by atoms with Gasteiger partial charge in [-0.2, -0.15) is 15.0 Å². The summed E-state index contributed by atoms with van der Waals surface area (Å²) in [5.41, 5.74) is 0.723. The van der Waals surface area contributed by atoms with E-state index in [-0.39, 0.29) is 25.5 Å². The first kappa shape index (κ1) is 37.4. The molecule has 5 atom stereocenters. The molecule has 14 nitrogen and oxygen atoms in total. The van der Waals surface area contributed by atoms with Crippen molar-refractivity contribution in [1.29, 1.82) is 0 Å². The Labute approximate surface area is 324 Å². The number of alkyl carbamates (subject to hydrolysis) is 1. The van der Waals surface area contributed by atoms with Gasteiger partial charge in [0.1, 0.15) is 35.1 Å². The highest BCUT2D eigenvalue weighted by Crippen LogP contribution is 2.46. The summed E-state index contributed by atoms with van der Waals surface area (Å²) >= 11 is 1.53. The highest BCUT2D eigenvalue weighted by atomic mass is 32.2. The van der Waals surface area contributed by atoms with Crippen molar-refractivity contribution >= 4 is 45.2 Å². The van der Waals surface area contributed by atoms with Crippen LogP contribution >= 0.6 is 11.3 Å². The Bertz CT molecular complexity index is 2040. The fourth-order valence-electron chi connectivity index (χ4n) is 8.13. The fourth-order valence-corrected chi connectivity index (χ4v) is 10.2. The number of carbonyl (C=O) groups is 4. The van der Waals surface area contributed by atoms with Gasteiger partial charge in [0.25, 0.3) is 5.91 Å². The topological polar surface area (TPSA) is 182 Å². The van der Waals surface area contributed by atoms with Crippen molar-refractivity contribution in [2.75, 3.05) is 6.54 Å². The molecule has 1 saturated heterocycles. The third kappa shape index (κ3) is 8.06. The lowest BCUT2D eigenvalue weighted by atomic mass is 10.0. The zero-order valence-corrected chi connectivity index (χ0v) is 32.2. The number of aromatic nitrogens is 3. The van der Waals surface area contributed by atoms with Crippen LogP contribution < -0.4 is 15.4 Å². The quantitative estimate of drug-likeness (QED) is 0.269. The number of allylic oxidation sites excluding steroid dienone is 1. The lowest BCUT2D eigenvalue weighted by Crippen LogP contribution is -2.58. The first-order valence-electron chi connectivity index (χ1n) is 19.5. The van der Waals surface area contributed by atoms with E-state index in [1.165, 1.54) is 16.2 Å². The van der Waals surface area contributed by atoms with E-state index in [1.807, 2.05) is 60.0 Å². The molecule has 2 aliphatic heterocycles. The zero-order valence-electron chi connectivity index (χ0n) is 30.6. The fraction of sp³-hybridized carbons (Fsp3) is 0.538. The van der Waals surface area contributed by atoms with E-state index in [9.17, 15) is 27.6 Å². The van der Waals surface area contributed by atoms with Crippen LogP contribution in [0, 0.1) is 5.92 Å². The Hall–Kier alpha value is -4.57. The van der Waals surface area contributed by atoms with Gasteiger partial charge in [-0.1, -0.05) is 61.4 Å². The van der Waals surface area contributed by atoms with Crippen LogP contribution in [0.3, 0.4) is 0 Å². The number of fused-ring (bicyclic) bond motifs is 2. The predicted octanol–water partition coefficient (Wildman–Crippen LogP) is 4.86. The van der Waals surface area contributed by atoms with Crippen molar-refractivity contribution in [3.05, 3.63) is 60.0 Å². The molecule has 5 aliphatic rings. The summed E-state index contributed by atoms with van der Waals surface area (Å²) in [6.45, 7) is 0.0676. The molecular formula is C39H47N7O7S2. The molecule has 0 unspecified atom stereocenters. The molecule has 16 heteroatoms. The minimum atomic E-state index is -3.88. The Kier molecular flexibility index (Phi) is 10.5. The third-order valence-electron chi connectivity index (χ3n) is 11.5. The van der Waals surface area contributed by atoms with Crippen LogP contribution in [0.2, 0.25) is 0 Å². The molecule has 292 valence electrons. The van der Waals surface area contributed by atoms with E-state index in [4.69, 9.17) is 14.9 Å². The summed E-state index contributed by atoms with van der Waals surface area (Å²) in [5, 5.41) is 17.0. The molecule has 0 bridgehead atoms. The molecule has 55 heavy (non-hydrogen) atoms. The van der Waals surface area contributed by atoms with Gasteiger partial charge < -0.3 is 20.3 Å². The number of rotatable bonds is 8. The summed E-state index contributed by atoms with van der Waals surface area (Å²) in [4.78, 5) is 60.1. The average Bonchev–Trinajstić information content (AvgIpc) is 3.74. The molecule has 4 fully saturated rings. The van der Waals surface area contributed by atoms with Crippen molar-refractivity contribution in [2.24, 2.45) is 5.92 Å². The molecule has 3 saturated carbocycles. The molecule has 2 aromatic heterocycles. The van der Waals surface area contributed by atoms with Gasteiger partial charge in [0.05, 0.1) is 16.2 Å². The number of ether oxygens (including phenoxy) is 1. The van der Waals surface area contributed by atoms with E-state index in [2.05, 4.69) is 15.4 Å². The highest BCUT2D eigenvalue weighted by molar-refractivity contribution is 7.91. The second-order valence-corrected chi connectivity index (χ2v) is 18.4. The monoisotopic (exact) mass is 789 g/mol. The van der Waals surface area contributed by atoms with Crippen LogP contribution in [-0.4, -0.2) is 87.6 Å². The van der Waals surface area contributed by atoms with E-state index in [0.29, 0.717) is 43.5 Å². The Morgan fingerprint density at radius 3 is 2.44 bits per heavy atom. The standard InChI is InChI=1S/C39H47N7O7S2/c47-35-31-22-27(46-42-33(25-12-5-4-6-13-25)34(43-46)32-18-11-21-54-32)24-45(31)36(48)30(40-38(50)53-28-15-9-10-16-28)17-8-3-1-2-7-14-26-23-39(26,41-35)37(49)44-55(51,52)29-19-20-29/h4-7,11-14,18,21,26-31H,1-3,8-10,15-17,19-20,22-24H2,(H,40,50)(H,41,47)(H,44,49)/b14-7+/t26-,27-,30-,31+,39-/m1/s1. The van der Waals surface area contributed by atoms with E-state index in [1.54, 1.807) is 4.80 Å². The summed E-state index contributed by atoms with van der Waals surface area (Å²) in [6.07, 6.45) is 11.2. The number of nitrogens with zero attached hydrogens (tertiary/aromatic N) is 4. The number of thiophene rings is 1. The Morgan fingerprint density at radius 1 is 0.927 bits per heavy atom. The lowest BCUT2D eigenvalue weighted by molar-refractivity contribution is -0.141. The molecule has 8 rings (SSSR count). The smallest absolute Gasteiger partial charge is 0.408 e. The third-order valence-corrected chi connectivity index (χ3v) is 14.2. The Balaban J connectivity index is 1.12. The second kappa shape index (κ2) is 15.5. The van der Waals surface area contributed by atoms with Crippen molar-refractivity contribution in [2.45, 2.75) is 118 Å². The summed E-state index contributed by atoms with van der Waals surface area (Å²) in [6, 6.07) is 11.0. The first-order chi connectivity index (χ1) is 26.6. The van der Waals surface area contributed by atoms with Gasteiger partial charge in [-0.15, -0.1) is 11.3 Å². The molecular weight excluding hydrogens is 743 g/mol. The number of benzene rings is 1. The Morgan fingerprint density at radius 2 is 1.69 bits per heavy atom. The zero-order chi connectivity index (χ0) is 38.2. The van der Waals surface area contributed by atoms with Gasteiger partial charge in [0, 0.05) is 24.4 Å². The normalized spacial score (nSPS) is 28.3. The second-order valence-electron chi connectivity index (χ2n) is 15.5. The van der Waals surface area contributed by atoms with E-state index >= 15 is 0 Å².